The van der Waals surface area contributed by atoms with Crippen molar-refractivity contribution in [2.75, 3.05) is 0 Å². The van der Waals surface area contributed by atoms with Crippen molar-refractivity contribution in [3.8, 4) is 6.07 Å². The molecular formula is C9H15BrN2O. The maximum absolute atomic E-state index is 11.3. The van der Waals surface area contributed by atoms with Crippen LogP contribution in [0.2, 0.25) is 0 Å². The van der Waals surface area contributed by atoms with Crippen LogP contribution < -0.4 is 5.32 Å². The zero-order valence-corrected chi connectivity index (χ0v) is 9.81. The van der Waals surface area contributed by atoms with Crippen LogP contribution in [0.5, 0.6) is 0 Å². The van der Waals surface area contributed by atoms with E-state index in [0.29, 0.717) is 12.8 Å². The summed E-state index contributed by atoms with van der Waals surface area (Å²) in [6.07, 6.45) is 1.26. The normalized spacial score (nSPS) is 13.2. The summed E-state index contributed by atoms with van der Waals surface area (Å²) in [4.78, 5) is 11.1. The van der Waals surface area contributed by atoms with Crippen molar-refractivity contribution in [1.29, 1.82) is 5.26 Å². The molecule has 0 saturated carbocycles. The van der Waals surface area contributed by atoms with Crippen LogP contribution in [0.1, 0.15) is 33.6 Å². The summed E-state index contributed by atoms with van der Waals surface area (Å²) in [5.74, 6) is -0.134. The van der Waals surface area contributed by atoms with E-state index in [1.54, 1.807) is 6.92 Å². The third-order valence-electron chi connectivity index (χ3n) is 2.14. The van der Waals surface area contributed by atoms with E-state index in [1.165, 1.54) is 0 Å². The molecule has 0 radical (unpaired) electrons. The summed E-state index contributed by atoms with van der Waals surface area (Å²) in [6, 6.07) is 2.15. The highest BCUT2D eigenvalue weighted by Gasteiger charge is 2.28. The maximum atomic E-state index is 11.3. The monoisotopic (exact) mass is 246 g/mol. The Balaban J connectivity index is 4.45. The predicted octanol–water partition coefficient (Wildman–Crippen LogP) is 1.97. The fraction of sp³-hybridized carbons (Fsp3) is 0.778. The number of halogens is 1. The first-order valence-corrected chi connectivity index (χ1v) is 5.30. The molecule has 0 fully saturated rings. The summed E-state index contributed by atoms with van der Waals surface area (Å²) < 4.78 is 0. The molecule has 0 spiro atoms. The molecule has 74 valence electrons. The third kappa shape index (κ3) is 3.35. The molecule has 0 rings (SSSR count). The van der Waals surface area contributed by atoms with E-state index in [4.69, 9.17) is 5.26 Å². The highest BCUT2D eigenvalue weighted by Crippen LogP contribution is 2.14. The number of hydrogen-bond donors (Lipinski definition) is 1. The van der Waals surface area contributed by atoms with Gasteiger partial charge in [-0.25, -0.2) is 0 Å². The minimum Gasteiger partial charge on any atom is -0.337 e. The zero-order chi connectivity index (χ0) is 10.5. The summed E-state index contributed by atoms with van der Waals surface area (Å²) in [6.45, 7) is 5.53. The Morgan fingerprint density at radius 1 is 1.62 bits per heavy atom. The topological polar surface area (TPSA) is 52.9 Å². The van der Waals surface area contributed by atoms with Gasteiger partial charge in [-0.1, -0.05) is 29.8 Å². The average molecular weight is 247 g/mol. The van der Waals surface area contributed by atoms with Crippen LogP contribution in [0, 0.1) is 11.3 Å². The fourth-order valence-electron chi connectivity index (χ4n) is 0.948. The lowest BCUT2D eigenvalue weighted by molar-refractivity contribution is -0.121. The second kappa shape index (κ2) is 5.23. The Labute approximate surface area is 87.6 Å². The van der Waals surface area contributed by atoms with Crippen molar-refractivity contribution in [2.45, 2.75) is 44.0 Å². The van der Waals surface area contributed by atoms with Gasteiger partial charge in [-0.3, -0.25) is 4.79 Å². The molecule has 0 aromatic rings. The van der Waals surface area contributed by atoms with E-state index in [-0.39, 0.29) is 10.7 Å². The van der Waals surface area contributed by atoms with Gasteiger partial charge in [-0.15, -0.1) is 0 Å². The standard InChI is InChI=1S/C9H15BrN2O/c1-4-9(5-2,6-11)12-8(13)7(3)10/h7H,4-5H2,1-3H3,(H,12,13). The molecule has 0 heterocycles. The molecule has 0 bridgehead atoms. The highest BCUT2D eigenvalue weighted by atomic mass is 79.9. The summed E-state index contributed by atoms with van der Waals surface area (Å²) in [7, 11) is 0. The van der Waals surface area contributed by atoms with E-state index in [1.807, 2.05) is 13.8 Å². The van der Waals surface area contributed by atoms with Crippen molar-refractivity contribution >= 4 is 21.8 Å². The number of amides is 1. The largest absolute Gasteiger partial charge is 0.337 e. The van der Waals surface area contributed by atoms with Crippen molar-refractivity contribution < 1.29 is 4.79 Å². The summed E-state index contributed by atoms with van der Waals surface area (Å²) in [5.41, 5.74) is -0.695. The first kappa shape index (κ1) is 12.4. The van der Waals surface area contributed by atoms with E-state index in [2.05, 4.69) is 27.3 Å². The van der Waals surface area contributed by atoms with E-state index in [9.17, 15) is 4.79 Å². The minimum atomic E-state index is -0.695. The van der Waals surface area contributed by atoms with Crippen LogP contribution in [0.3, 0.4) is 0 Å². The molecule has 1 amide bonds. The molecule has 0 aliphatic rings. The average Bonchev–Trinajstić information content (AvgIpc) is 2.14. The van der Waals surface area contributed by atoms with Crippen LogP contribution in [0.4, 0.5) is 0 Å². The molecule has 4 heteroatoms. The molecule has 1 atom stereocenters. The Kier molecular flexibility index (Phi) is 5.01. The Morgan fingerprint density at radius 2 is 2.08 bits per heavy atom. The molecule has 1 unspecified atom stereocenters. The van der Waals surface area contributed by atoms with Crippen LogP contribution in [-0.4, -0.2) is 16.3 Å². The summed E-state index contributed by atoms with van der Waals surface area (Å²) >= 11 is 3.16. The van der Waals surface area contributed by atoms with Crippen molar-refractivity contribution in [3.63, 3.8) is 0 Å². The van der Waals surface area contributed by atoms with Crippen LogP contribution in [0.15, 0.2) is 0 Å². The van der Waals surface area contributed by atoms with Gasteiger partial charge in [-0.2, -0.15) is 5.26 Å². The molecule has 0 aromatic heterocycles. The molecule has 13 heavy (non-hydrogen) atoms. The zero-order valence-electron chi connectivity index (χ0n) is 8.22. The van der Waals surface area contributed by atoms with Gasteiger partial charge < -0.3 is 5.32 Å². The van der Waals surface area contributed by atoms with E-state index >= 15 is 0 Å². The number of nitrogens with zero attached hydrogens (tertiary/aromatic N) is 1. The number of carbonyl (C=O) groups excluding carboxylic acids is 1. The number of carbonyl (C=O) groups is 1. The lowest BCUT2D eigenvalue weighted by atomic mass is 9.94. The number of rotatable bonds is 4. The van der Waals surface area contributed by atoms with Crippen LogP contribution in [0.25, 0.3) is 0 Å². The van der Waals surface area contributed by atoms with Crippen LogP contribution in [-0.2, 0) is 4.79 Å². The van der Waals surface area contributed by atoms with Gasteiger partial charge in [0.25, 0.3) is 0 Å². The summed E-state index contributed by atoms with van der Waals surface area (Å²) in [5, 5.41) is 11.7. The molecule has 0 aromatic carbocycles. The molecule has 0 aliphatic carbocycles. The van der Waals surface area contributed by atoms with Gasteiger partial charge in [0, 0.05) is 0 Å². The lowest BCUT2D eigenvalue weighted by Gasteiger charge is -2.25. The minimum absolute atomic E-state index is 0.134. The van der Waals surface area contributed by atoms with Gasteiger partial charge in [-0.05, 0) is 19.8 Å². The second-order valence-electron chi connectivity index (χ2n) is 3.01. The number of nitrogens with one attached hydrogen (secondary N) is 1. The van der Waals surface area contributed by atoms with Gasteiger partial charge >= 0.3 is 0 Å². The van der Waals surface area contributed by atoms with Crippen molar-refractivity contribution in [1.82, 2.24) is 5.32 Å². The SMILES string of the molecule is CCC(C#N)(CC)NC(=O)C(C)Br. The van der Waals surface area contributed by atoms with Crippen LogP contribution >= 0.6 is 15.9 Å². The van der Waals surface area contributed by atoms with Gasteiger partial charge in [0.05, 0.1) is 10.9 Å². The number of alkyl halides is 1. The third-order valence-corrected chi connectivity index (χ3v) is 2.56. The first-order valence-electron chi connectivity index (χ1n) is 4.38. The van der Waals surface area contributed by atoms with Crippen molar-refractivity contribution in [2.24, 2.45) is 0 Å². The first-order chi connectivity index (χ1) is 6.01. The molecule has 0 aliphatic heterocycles. The lowest BCUT2D eigenvalue weighted by Crippen LogP contribution is -2.48. The second-order valence-corrected chi connectivity index (χ2v) is 4.38. The molecule has 0 saturated heterocycles. The predicted molar refractivity (Wildman–Crippen MR) is 55.5 cm³/mol. The highest BCUT2D eigenvalue weighted by molar-refractivity contribution is 9.10. The quantitative estimate of drug-likeness (QED) is 0.772. The number of nitriles is 1. The van der Waals surface area contributed by atoms with E-state index in [0.717, 1.165) is 0 Å². The molecular weight excluding hydrogens is 232 g/mol. The van der Waals surface area contributed by atoms with Gasteiger partial charge in [0.1, 0.15) is 5.54 Å². The molecule has 1 N–H and O–H groups in total. The smallest absolute Gasteiger partial charge is 0.234 e. The fourth-order valence-corrected chi connectivity index (χ4v) is 1.06. The van der Waals surface area contributed by atoms with Gasteiger partial charge in [0.2, 0.25) is 5.91 Å². The Hall–Kier alpha value is -0.560. The van der Waals surface area contributed by atoms with Crippen molar-refractivity contribution in [3.05, 3.63) is 0 Å². The Morgan fingerprint density at radius 3 is 2.31 bits per heavy atom. The van der Waals surface area contributed by atoms with E-state index < -0.39 is 5.54 Å². The Bertz CT molecular complexity index is 216. The molecule has 3 nitrogen and oxygen atoms in total. The number of hydrogen-bond acceptors (Lipinski definition) is 2. The van der Waals surface area contributed by atoms with Gasteiger partial charge in [0.15, 0.2) is 0 Å². The maximum Gasteiger partial charge on any atom is 0.234 e.